The Morgan fingerprint density at radius 3 is 2.09 bits per heavy atom. The normalized spacial score (nSPS) is 13.0. The zero-order chi connectivity index (χ0) is 17.0. The smallest absolute Gasteiger partial charge is 0.326 e. The minimum absolute atomic E-state index is 0.0292. The number of aliphatic carboxylic acids is 2. The molecule has 120 valence electrons. The van der Waals surface area contributed by atoms with E-state index in [1.54, 1.807) is 0 Å². The minimum atomic E-state index is -1.26. The van der Waals surface area contributed by atoms with Gasteiger partial charge in [0.25, 0.3) is 5.69 Å². The van der Waals surface area contributed by atoms with Crippen molar-refractivity contribution in [3.63, 3.8) is 0 Å². The second kappa shape index (κ2) is 6.74. The number of rotatable bonds is 7. The van der Waals surface area contributed by atoms with Gasteiger partial charge in [-0.1, -0.05) is 0 Å². The van der Waals surface area contributed by atoms with Crippen molar-refractivity contribution < 1.29 is 29.5 Å². The van der Waals surface area contributed by atoms with Crippen molar-refractivity contribution in [2.24, 2.45) is 0 Å². The third-order valence-electron chi connectivity index (χ3n) is 3.20. The number of hydrogen-bond acceptors (Lipinski definition) is 6. The summed E-state index contributed by atoms with van der Waals surface area (Å²) in [6.45, 7) is 2.58. The number of nitro groups is 1. The van der Waals surface area contributed by atoms with Gasteiger partial charge >= 0.3 is 11.9 Å². The Kier molecular flexibility index (Phi) is 5.28. The number of carbonyl (C=O) groups is 2. The van der Waals surface area contributed by atoms with E-state index in [-0.39, 0.29) is 17.1 Å². The van der Waals surface area contributed by atoms with Crippen LogP contribution in [0.4, 0.5) is 11.4 Å². The quantitative estimate of drug-likeness (QED) is 0.570. The highest BCUT2D eigenvalue weighted by Crippen LogP contribution is 2.34. The van der Waals surface area contributed by atoms with E-state index >= 15 is 0 Å². The molecule has 0 heterocycles. The number of methoxy groups -OCH3 is 1. The highest BCUT2D eigenvalue weighted by molar-refractivity contribution is 5.85. The Hall–Kier alpha value is -2.84. The SMILES string of the molecule is COc1ccc([N+](=O)[O-])cc1N(C(C)C(=O)O)C(C)C(=O)O. The van der Waals surface area contributed by atoms with E-state index in [1.807, 2.05) is 0 Å². The van der Waals surface area contributed by atoms with E-state index in [4.69, 9.17) is 4.74 Å². The lowest BCUT2D eigenvalue weighted by atomic mass is 10.1. The van der Waals surface area contributed by atoms with Gasteiger partial charge in [-0.25, -0.2) is 9.59 Å². The molecule has 0 saturated heterocycles. The molecule has 0 aromatic heterocycles. The molecule has 0 bridgehead atoms. The lowest BCUT2D eigenvalue weighted by molar-refractivity contribution is -0.384. The number of hydrogen-bond donors (Lipinski definition) is 2. The number of benzene rings is 1. The van der Waals surface area contributed by atoms with Crippen molar-refractivity contribution in [3.05, 3.63) is 28.3 Å². The maximum absolute atomic E-state index is 11.3. The van der Waals surface area contributed by atoms with Crippen LogP contribution in [0.15, 0.2) is 18.2 Å². The Morgan fingerprint density at radius 1 is 1.23 bits per heavy atom. The predicted octanol–water partition coefficient (Wildman–Crippen LogP) is 1.36. The Morgan fingerprint density at radius 2 is 1.73 bits per heavy atom. The molecular weight excluding hydrogens is 296 g/mol. The second-order valence-electron chi connectivity index (χ2n) is 4.55. The monoisotopic (exact) mass is 312 g/mol. The topological polar surface area (TPSA) is 130 Å². The first kappa shape index (κ1) is 17.2. The van der Waals surface area contributed by atoms with E-state index < -0.39 is 28.9 Å². The van der Waals surface area contributed by atoms with Crippen molar-refractivity contribution in [1.29, 1.82) is 0 Å². The first-order chi connectivity index (χ1) is 10.2. The molecular formula is C13H16N2O7. The molecule has 2 unspecified atom stereocenters. The second-order valence-corrected chi connectivity index (χ2v) is 4.55. The third kappa shape index (κ3) is 3.43. The summed E-state index contributed by atoms with van der Waals surface area (Å²) in [5.41, 5.74) is -0.266. The highest BCUT2D eigenvalue weighted by atomic mass is 16.6. The molecule has 1 rings (SSSR count). The van der Waals surface area contributed by atoms with Crippen LogP contribution in [0.25, 0.3) is 0 Å². The van der Waals surface area contributed by atoms with Crippen molar-refractivity contribution in [2.45, 2.75) is 25.9 Å². The van der Waals surface area contributed by atoms with Gasteiger partial charge in [0.15, 0.2) is 0 Å². The molecule has 9 heteroatoms. The van der Waals surface area contributed by atoms with E-state index in [1.165, 1.54) is 33.1 Å². The molecule has 0 spiro atoms. The molecule has 0 radical (unpaired) electrons. The van der Waals surface area contributed by atoms with Crippen LogP contribution in [0.5, 0.6) is 5.75 Å². The zero-order valence-corrected chi connectivity index (χ0v) is 12.2. The van der Waals surface area contributed by atoms with E-state index in [0.29, 0.717) is 0 Å². The molecule has 0 saturated carbocycles. The van der Waals surface area contributed by atoms with Gasteiger partial charge in [-0.2, -0.15) is 0 Å². The van der Waals surface area contributed by atoms with Crippen molar-refractivity contribution >= 4 is 23.3 Å². The molecule has 1 aromatic carbocycles. The summed E-state index contributed by atoms with van der Waals surface area (Å²) in [7, 11) is 1.31. The summed E-state index contributed by atoms with van der Waals surface area (Å²) in [5, 5.41) is 29.3. The number of anilines is 1. The van der Waals surface area contributed by atoms with Gasteiger partial charge < -0.3 is 19.8 Å². The number of non-ortho nitro benzene ring substituents is 1. The molecule has 0 aliphatic rings. The first-order valence-electron chi connectivity index (χ1n) is 6.27. The molecule has 22 heavy (non-hydrogen) atoms. The summed E-state index contributed by atoms with van der Waals surface area (Å²) >= 11 is 0. The maximum atomic E-state index is 11.3. The van der Waals surface area contributed by atoms with Crippen molar-refractivity contribution in [1.82, 2.24) is 0 Å². The third-order valence-corrected chi connectivity index (χ3v) is 3.20. The lowest BCUT2D eigenvalue weighted by Crippen LogP contribution is -2.48. The summed E-state index contributed by atoms with van der Waals surface area (Å²) in [6.07, 6.45) is 0. The fourth-order valence-electron chi connectivity index (χ4n) is 1.98. The molecule has 0 aliphatic heterocycles. The highest BCUT2D eigenvalue weighted by Gasteiger charge is 2.32. The fraction of sp³-hybridized carbons (Fsp3) is 0.385. The van der Waals surface area contributed by atoms with Crippen LogP contribution in [0.3, 0.4) is 0 Å². The lowest BCUT2D eigenvalue weighted by Gasteiger charge is -2.32. The molecule has 0 fully saturated rings. The summed E-state index contributed by atoms with van der Waals surface area (Å²) in [5.74, 6) is -2.38. The van der Waals surface area contributed by atoms with Gasteiger partial charge in [0.05, 0.1) is 17.7 Å². The van der Waals surface area contributed by atoms with Crippen molar-refractivity contribution in [3.8, 4) is 5.75 Å². The van der Waals surface area contributed by atoms with Crippen LogP contribution in [0.1, 0.15) is 13.8 Å². The fourth-order valence-corrected chi connectivity index (χ4v) is 1.98. The standard InChI is InChI=1S/C13H16N2O7/c1-7(12(16)17)14(8(2)13(18)19)10-6-9(15(20)21)4-5-11(10)22-3/h4-8H,1-3H3,(H,16,17)(H,18,19). The average molecular weight is 312 g/mol. The predicted molar refractivity (Wildman–Crippen MR) is 76.3 cm³/mol. The average Bonchev–Trinajstić information content (AvgIpc) is 2.46. The van der Waals surface area contributed by atoms with Gasteiger partial charge in [0.1, 0.15) is 17.8 Å². The largest absolute Gasteiger partial charge is 0.495 e. The zero-order valence-electron chi connectivity index (χ0n) is 12.2. The number of nitro benzene ring substituents is 1. The van der Waals surface area contributed by atoms with Gasteiger partial charge in [0, 0.05) is 12.1 Å². The molecule has 0 amide bonds. The maximum Gasteiger partial charge on any atom is 0.326 e. The van der Waals surface area contributed by atoms with Gasteiger partial charge in [-0.05, 0) is 19.9 Å². The molecule has 9 nitrogen and oxygen atoms in total. The van der Waals surface area contributed by atoms with Crippen LogP contribution < -0.4 is 9.64 Å². The molecule has 1 aromatic rings. The van der Waals surface area contributed by atoms with Crippen molar-refractivity contribution in [2.75, 3.05) is 12.0 Å². The summed E-state index contributed by atoms with van der Waals surface area (Å²) in [6, 6.07) is 1.14. The minimum Gasteiger partial charge on any atom is -0.495 e. The van der Waals surface area contributed by atoms with Crippen LogP contribution in [-0.4, -0.2) is 46.3 Å². The Labute approximate surface area is 125 Å². The van der Waals surface area contributed by atoms with Crippen LogP contribution in [0.2, 0.25) is 0 Å². The van der Waals surface area contributed by atoms with E-state index in [2.05, 4.69) is 0 Å². The number of carboxylic acid groups (broad SMARTS) is 2. The summed E-state index contributed by atoms with van der Waals surface area (Å²) < 4.78 is 5.07. The molecule has 2 N–H and O–H groups in total. The van der Waals surface area contributed by atoms with Crippen LogP contribution in [0, 0.1) is 10.1 Å². The molecule has 2 atom stereocenters. The van der Waals surface area contributed by atoms with Gasteiger partial charge in [-0.15, -0.1) is 0 Å². The Balaban J connectivity index is 3.52. The van der Waals surface area contributed by atoms with E-state index in [0.717, 1.165) is 11.0 Å². The Bertz CT molecular complexity index is 582. The number of ether oxygens (including phenoxy) is 1. The van der Waals surface area contributed by atoms with Gasteiger partial charge in [0.2, 0.25) is 0 Å². The molecule has 0 aliphatic carbocycles. The van der Waals surface area contributed by atoms with E-state index in [9.17, 15) is 29.9 Å². The number of carboxylic acids is 2. The van der Waals surface area contributed by atoms with Crippen LogP contribution in [-0.2, 0) is 9.59 Å². The number of nitrogens with zero attached hydrogens (tertiary/aromatic N) is 2. The summed E-state index contributed by atoms with van der Waals surface area (Å²) in [4.78, 5) is 33.8. The van der Waals surface area contributed by atoms with Gasteiger partial charge in [-0.3, -0.25) is 10.1 Å². The first-order valence-corrected chi connectivity index (χ1v) is 6.27. The van der Waals surface area contributed by atoms with Crippen LogP contribution >= 0.6 is 0 Å².